The van der Waals surface area contributed by atoms with E-state index in [1.54, 1.807) is 0 Å². The van der Waals surface area contributed by atoms with Crippen molar-refractivity contribution in [1.29, 1.82) is 0 Å². The summed E-state index contributed by atoms with van der Waals surface area (Å²) in [6, 6.07) is 0. The Morgan fingerprint density at radius 2 is 1.70 bits per heavy atom. The summed E-state index contributed by atoms with van der Waals surface area (Å²) in [5, 5.41) is 8.15. The van der Waals surface area contributed by atoms with Gasteiger partial charge in [0.2, 0.25) is 5.91 Å². The number of amides is 1. The first kappa shape index (κ1) is 28.5. The van der Waals surface area contributed by atoms with Gasteiger partial charge in [0.1, 0.15) is 5.25 Å². The van der Waals surface area contributed by atoms with Crippen LogP contribution in [0.3, 0.4) is 0 Å². The van der Waals surface area contributed by atoms with E-state index in [-0.39, 0.29) is 73.0 Å². The van der Waals surface area contributed by atoms with Gasteiger partial charge < -0.3 is 16.2 Å². The fourth-order valence-electron chi connectivity index (χ4n) is 0.726. The Morgan fingerprint density at radius 3 is 1.90 bits per heavy atom. The minimum absolute atomic E-state index is 0. The number of carboxylic acids is 1. The standard InChI is InChI=1S/C7H13NO4S.C3H4O2.2Na.H/c1-4-7(9)8(3)5-6(2)13(10,11)12;1-2-3(4)5;;;/h4,6H,1,5H2,2-3H3,(H,10,11,12);2H,1H2,(H,4,5);;;/q;;2*+1;-1/p-1. The predicted octanol–water partition coefficient (Wildman–Crippen LogP) is -7.05. The van der Waals surface area contributed by atoms with Gasteiger partial charge in [-0.1, -0.05) is 13.2 Å². The Kier molecular flexibility index (Phi) is 20.3. The Bertz CT molecular complexity index is 429. The average Bonchev–Trinajstić information content (AvgIpc) is 2.27. The second-order valence-corrected chi connectivity index (χ2v) is 5.11. The van der Waals surface area contributed by atoms with Gasteiger partial charge in [0.25, 0.3) is 10.1 Å². The molecule has 0 aromatic heterocycles. The molecule has 0 aromatic rings. The van der Waals surface area contributed by atoms with Crippen molar-refractivity contribution in [3.8, 4) is 0 Å². The van der Waals surface area contributed by atoms with Crippen LogP contribution < -0.4 is 64.2 Å². The van der Waals surface area contributed by atoms with Gasteiger partial charge in [0.05, 0.1) is 5.97 Å². The van der Waals surface area contributed by atoms with Crippen LogP contribution in [0, 0.1) is 0 Å². The number of carbonyl (C=O) groups excluding carboxylic acids is 2. The molecule has 0 saturated carbocycles. The van der Waals surface area contributed by atoms with Gasteiger partial charge in [-0.15, -0.1) is 0 Å². The van der Waals surface area contributed by atoms with E-state index in [1.165, 1.54) is 18.9 Å². The molecule has 0 aliphatic rings. The van der Waals surface area contributed by atoms with Crippen LogP contribution in [0.5, 0.6) is 0 Å². The monoisotopic (exact) mass is 325 g/mol. The van der Waals surface area contributed by atoms with Crippen molar-refractivity contribution in [1.82, 2.24) is 4.90 Å². The Labute approximate surface area is 164 Å². The molecule has 0 aromatic carbocycles. The zero-order chi connectivity index (χ0) is 14.9. The topological polar surface area (TPSA) is 115 Å². The molecular weight excluding hydrogens is 308 g/mol. The van der Waals surface area contributed by atoms with E-state index in [4.69, 9.17) is 14.5 Å². The molecule has 0 rings (SSSR count). The fourth-order valence-corrected chi connectivity index (χ4v) is 1.14. The van der Waals surface area contributed by atoms with Crippen molar-refractivity contribution in [3.63, 3.8) is 0 Å². The minimum atomic E-state index is -4.07. The van der Waals surface area contributed by atoms with Crippen molar-refractivity contribution in [2.75, 3.05) is 13.6 Å². The molecule has 20 heavy (non-hydrogen) atoms. The first-order valence-electron chi connectivity index (χ1n) is 4.73. The van der Waals surface area contributed by atoms with Gasteiger partial charge in [-0.05, 0) is 19.1 Å². The summed E-state index contributed by atoms with van der Waals surface area (Å²) < 4.78 is 29.7. The van der Waals surface area contributed by atoms with E-state index in [0.717, 1.165) is 12.2 Å². The molecular formula is C10H17NNa2O6S. The maximum atomic E-state index is 10.9. The number of nitrogens with zero attached hydrogens (tertiary/aromatic N) is 1. The third-order valence-electron chi connectivity index (χ3n) is 1.76. The van der Waals surface area contributed by atoms with E-state index in [2.05, 4.69) is 13.2 Å². The van der Waals surface area contributed by atoms with Crippen LogP contribution in [-0.2, 0) is 19.7 Å². The van der Waals surface area contributed by atoms with Gasteiger partial charge in [-0.3, -0.25) is 9.35 Å². The molecule has 0 spiro atoms. The number of hydrogen-bond acceptors (Lipinski definition) is 5. The van der Waals surface area contributed by atoms with E-state index in [1.807, 2.05) is 0 Å². The van der Waals surface area contributed by atoms with Crippen LogP contribution in [0.4, 0.5) is 0 Å². The largest absolute Gasteiger partial charge is 1.00 e. The van der Waals surface area contributed by atoms with Crippen molar-refractivity contribution >= 4 is 22.0 Å². The van der Waals surface area contributed by atoms with Crippen molar-refractivity contribution in [2.24, 2.45) is 0 Å². The van der Waals surface area contributed by atoms with Gasteiger partial charge in [-0.2, -0.15) is 8.42 Å². The second-order valence-electron chi connectivity index (χ2n) is 3.27. The molecule has 1 unspecified atom stereocenters. The van der Waals surface area contributed by atoms with Crippen LogP contribution in [0.2, 0.25) is 0 Å². The number of rotatable bonds is 5. The molecule has 1 N–H and O–H groups in total. The smallest absolute Gasteiger partial charge is 1.00 e. The van der Waals surface area contributed by atoms with Crippen LogP contribution in [0.1, 0.15) is 8.35 Å². The fraction of sp³-hybridized carbons (Fsp3) is 0.400. The maximum absolute atomic E-state index is 10.9. The molecule has 106 valence electrons. The molecule has 1 atom stereocenters. The number of hydrogen-bond donors (Lipinski definition) is 1. The third kappa shape index (κ3) is 16.4. The summed E-state index contributed by atoms with van der Waals surface area (Å²) in [6.45, 7) is 7.42. The van der Waals surface area contributed by atoms with Crippen molar-refractivity contribution in [2.45, 2.75) is 12.2 Å². The van der Waals surface area contributed by atoms with Crippen molar-refractivity contribution < 1.29 is 88.2 Å². The van der Waals surface area contributed by atoms with Crippen LogP contribution in [0.25, 0.3) is 0 Å². The van der Waals surface area contributed by atoms with Crippen molar-refractivity contribution in [3.05, 3.63) is 25.3 Å². The van der Waals surface area contributed by atoms with Gasteiger partial charge >= 0.3 is 59.1 Å². The van der Waals surface area contributed by atoms with Gasteiger partial charge in [0.15, 0.2) is 0 Å². The van der Waals surface area contributed by atoms with Gasteiger partial charge in [0, 0.05) is 13.6 Å². The molecule has 0 heterocycles. The zero-order valence-corrected chi connectivity index (χ0v) is 17.0. The molecule has 0 bridgehead atoms. The Morgan fingerprint density at radius 1 is 1.35 bits per heavy atom. The SMILES string of the molecule is C=CC(=O)N(C)CC(C)S(=O)(=O)O.C=CC(=O)[O-].[H-].[Na+].[Na+]. The molecule has 7 nitrogen and oxygen atoms in total. The summed E-state index contributed by atoms with van der Waals surface area (Å²) in [7, 11) is -2.63. The van der Waals surface area contributed by atoms with E-state index in [9.17, 15) is 13.2 Å². The zero-order valence-electron chi connectivity index (χ0n) is 13.2. The summed E-state index contributed by atoms with van der Waals surface area (Å²) in [5.74, 6) is -1.61. The Hall–Kier alpha value is 0.330. The van der Waals surface area contributed by atoms with Crippen LogP contribution in [-0.4, -0.2) is 48.6 Å². The van der Waals surface area contributed by atoms with Gasteiger partial charge in [-0.25, -0.2) is 0 Å². The number of carbonyl (C=O) groups is 2. The molecule has 0 fully saturated rings. The predicted molar refractivity (Wildman–Crippen MR) is 65.2 cm³/mol. The van der Waals surface area contributed by atoms with E-state index in [0.29, 0.717) is 0 Å². The normalized spacial score (nSPS) is 10.3. The summed E-state index contributed by atoms with van der Waals surface area (Å²) in [6.07, 6.45) is 1.80. The molecule has 1 amide bonds. The molecule has 0 radical (unpaired) electrons. The first-order chi connectivity index (χ1) is 8.06. The summed E-state index contributed by atoms with van der Waals surface area (Å²) in [5.41, 5.74) is 0. The number of carboxylic acid groups (broad SMARTS) is 1. The molecule has 10 heteroatoms. The maximum Gasteiger partial charge on any atom is 1.00 e. The molecule has 0 aliphatic carbocycles. The Balaban J connectivity index is -0.0000000933. The molecule has 0 saturated heterocycles. The quantitative estimate of drug-likeness (QED) is 0.305. The summed E-state index contributed by atoms with van der Waals surface area (Å²) >= 11 is 0. The molecule has 0 aliphatic heterocycles. The van der Waals surface area contributed by atoms with E-state index < -0.39 is 21.3 Å². The third-order valence-corrected chi connectivity index (χ3v) is 2.92. The summed E-state index contributed by atoms with van der Waals surface area (Å²) in [4.78, 5) is 21.2. The van der Waals surface area contributed by atoms with Crippen LogP contribution in [0.15, 0.2) is 25.3 Å². The minimum Gasteiger partial charge on any atom is -1.00 e. The second kappa shape index (κ2) is 14.3. The van der Waals surface area contributed by atoms with Crippen LogP contribution >= 0.6 is 0 Å². The number of likely N-dealkylation sites (N-methyl/N-ethyl adjacent to an activating group) is 1. The first-order valence-corrected chi connectivity index (χ1v) is 6.23. The number of aliphatic carboxylic acids is 1. The van der Waals surface area contributed by atoms with E-state index >= 15 is 0 Å². The average molecular weight is 325 g/mol.